The molecule has 20 heavy (non-hydrogen) atoms. The Kier molecular flexibility index (Phi) is 4.38. The van der Waals surface area contributed by atoms with Gasteiger partial charge in [-0.2, -0.15) is 0 Å². The molecule has 0 spiro atoms. The summed E-state index contributed by atoms with van der Waals surface area (Å²) in [6, 6.07) is 6.08. The molecule has 1 unspecified atom stereocenters. The van der Waals surface area contributed by atoms with Crippen molar-refractivity contribution in [3.05, 3.63) is 63.4 Å². The van der Waals surface area contributed by atoms with Crippen molar-refractivity contribution >= 4 is 21.6 Å². The van der Waals surface area contributed by atoms with Crippen LogP contribution in [0.15, 0.2) is 34.8 Å². The monoisotopic (exact) mass is 343 g/mol. The molecular formula is C15H13BrF3N. The summed E-state index contributed by atoms with van der Waals surface area (Å²) in [7, 11) is 0. The average molecular weight is 344 g/mol. The Morgan fingerprint density at radius 1 is 1.05 bits per heavy atom. The van der Waals surface area contributed by atoms with E-state index >= 15 is 0 Å². The third-order valence-corrected chi connectivity index (χ3v) is 3.68. The molecule has 0 aliphatic carbocycles. The van der Waals surface area contributed by atoms with E-state index in [0.717, 1.165) is 6.07 Å². The van der Waals surface area contributed by atoms with Gasteiger partial charge in [-0.1, -0.05) is 6.07 Å². The first kappa shape index (κ1) is 14.9. The minimum atomic E-state index is -0.612. The molecule has 0 aromatic heterocycles. The first-order valence-electron chi connectivity index (χ1n) is 6.05. The lowest BCUT2D eigenvalue weighted by Crippen LogP contribution is -2.10. The van der Waals surface area contributed by atoms with E-state index < -0.39 is 11.6 Å². The summed E-state index contributed by atoms with van der Waals surface area (Å²) >= 11 is 3.11. The largest absolute Gasteiger partial charge is 0.378 e. The van der Waals surface area contributed by atoms with Crippen LogP contribution in [-0.2, 0) is 0 Å². The molecule has 1 nitrogen and oxygen atoms in total. The van der Waals surface area contributed by atoms with E-state index in [2.05, 4.69) is 21.2 Å². The van der Waals surface area contributed by atoms with Crippen molar-refractivity contribution < 1.29 is 13.2 Å². The number of nitrogens with one attached hydrogen (secondary N) is 1. The van der Waals surface area contributed by atoms with Gasteiger partial charge in [0, 0.05) is 17.3 Å². The molecule has 0 radical (unpaired) electrons. The normalized spacial score (nSPS) is 12.3. The summed E-state index contributed by atoms with van der Waals surface area (Å²) in [5, 5.41) is 3.10. The Hall–Kier alpha value is -1.49. The van der Waals surface area contributed by atoms with Gasteiger partial charge in [-0.05, 0) is 53.5 Å². The lowest BCUT2D eigenvalue weighted by Gasteiger charge is -2.18. The highest BCUT2D eigenvalue weighted by Crippen LogP contribution is 2.28. The Morgan fingerprint density at radius 2 is 1.75 bits per heavy atom. The molecule has 1 atom stereocenters. The maximum Gasteiger partial charge on any atom is 0.137 e. The van der Waals surface area contributed by atoms with Gasteiger partial charge in [0.1, 0.15) is 17.5 Å². The van der Waals surface area contributed by atoms with E-state index in [1.807, 2.05) is 0 Å². The lowest BCUT2D eigenvalue weighted by atomic mass is 10.1. The van der Waals surface area contributed by atoms with Gasteiger partial charge < -0.3 is 5.32 Å². The molecule has 5 heteroatoms. The maximum absolute atomic E-state index is 13.7. The Labute approximate surface area is 123 Å². The van der Waals surface area contributed by atoms with Crippen LogP contribution in [0.2, 0.25) is 0 Å². The zero-order valence-corrected chi connectivity index (χ0v) is 12.6. The number of rotatable bonds is 3. The van der Waals surface area contributed by atoms with Crippen molar-refractivity contribution in [3.8, 4) is 0 Å². The van der Waals surface area contributed by atoms with Gasteiger partial charge in [0.2, 0.25) is 0 Å². The van der Waals surface area contributed by atoms with Gasteiger partial charge in [0.15, 0.2) is 0 Å². The van der Waals surface area contributed by atoms with Crippen molar-refractivity contribution in [2.24, 2.45) is 0 Å². The molecule has 0 heterocycles. The van der Waals surface area contributed by atoms with Crippen LogP contribution in [0.4, 0.5) is 18.9 Å². The third-order valence-electron chi connectivity index (χ3n) is 3.07. The van der Waals surface area contributed by atoms with Crippen LogP contribution >= 0.6 is 15.9 Å². The van der Waals surface area contributed by atoms with Crippen LogP contribution in [0.1, 0.15) is 24.1 Å². The molecule has 2 aromatic carbocycles. The second kappa shape index (κ2) is 5.87. The minimum absolute atomic E-state index is 0.331. The van der Waals surface area contributed by atoms with Crippen LogP contribution in [0, 0.1) is 24.4 Å². The summed E-state index contributed by atoms with van der Waals surface area (Å²) in [5.74, 6) is -1.57. The fourth-order valence-corrected chi connectivity index (χ4v) is 2.31. The molecule has 0 amide bonds. The predicted molar refractivity (Wildman–Crippen MR) is 77.2 cm³/mol. The highest BCUT2D eigenvalue weighted by atomic mass is 79.9. The van der Waals surface area contributed by atoms with Crippen LogP contribution in [-0.4, -0.2) is 0 Å². The fourth-order valence-electron chi connectivity index (χ4n) is 1.97. The van der Waals surface area contributed by atoms with Gasteiger partial charge in [-0.25, -0.2) is 13.2 Å². The molecule has 106 valence electrons. The number of hydrogen-bond acceptors (Lipinski definition) is 1. The van der Waals surface area contributed by atoms with Gasteiger partial charge in [-0.15, -0.1) is 0 Å². The van der Waals surface area contributed by atoms with E-state index in [0.29, 0.717) is 21.3 Å². The number of halogens is 4. The summed E-state index contributed by atoms with van der Waals surface area (Å²) < 4.78 is 40.3. The number of anilines is 1. The van der Waals surface area contributed by atoms with Crippen molar-refractivity contribution in [1.82, 2.24) is 0 Å². The van der Waals surface area contributed by atoms with Crippen LogP contribution in [0.3, 0.4) is 0 Å². The molecule has 0 saturated heterocycles. The molecule has 2 aromatic rings. The Balaban J connectivity index is 2.27. The predicted octanol–water partition coefficient (Wildman–Crippen LogP) is 5.35. The van der Waals surface area contributed by atoms with E-state index in [1.165, 1.54) is 18.2 Å². The SMILES string of the molecule is Cc1cc(F)c(Br)cc1NC(C)c1ccc(F)cc1F. The summed E-state index contributed by atoms with van der Waals surface area (Å²) in [6.45, 7) is 3.51. The molecule has 1 N–H and O–H groups in total. The highest BCUT2D eigenvalue weighted by Gasteiger charge is 2.13. The topological polar surface area (TPSA) is 12.0 Å². The number of hydrogen-bond donors (Lipinski definition) is 1. The fraction of sp³-hybridized carbons (Fsp3) is 0.200. The molecule has 0 saturated carbocycles. The van der Waals surface area contributed by atoms with Gasteiger partial charge in [-0.3, -0.25) is 0 Å². The summed E-state index contributed by atoms with van der Waals surface area (Å²) in [6.07, 6.45) is 0. The van der Waals surface area contributed by atoms with E-state index in [-0.39, 0.29) is 11.9 Å². The van der Waals surface area contributed by atoms with Crippen molar-refractivity contribution in [2.75, 3.05) is 5.32 Å². The zero-order valence-electron chi connectivity index (χ0n) is 11.0. The quantitative estimate of drug-likeness (QED) is 0.792. The minimum Gasteiger partial charge on any atom is -0.378 e. The summed E-state index contributed by atoms with van der Waals surface area (Å²) in [4.78, 5) is 0. The Morgan fingerprint density at radius 3 is 2.40 bits per heavy atom. The Bertz CT molecular complexity index is 643. The second-order valence-electron chi connectivity index (χ2n) is 4.61. The molecule has 0 aliphatic heterocycles. The second-order valence-corrected chi connectivity index (χ2v) is 5.47. The van der Waals surface area contributed by atoms with Gasteiger partial charge in [0.05, 0.1) is 10.5 Å². The van der Waals surface area contributed by atoms with Gasteiger partial charge in [0.25, 0.3) is 0 Å². The van der Waals surface area contributed by atoms with Crippen LogP contribution in [0.5, 0.6) is 0 Å². The first-order valence-corrected chi connectivity index (χ1v) is 6.85. The molecular weight excluding hydrogens is 331 g/mol. The smallest absolute Gasteiger partial charge is 0.137 e. The standard InChI is InChI=1S/C15H13BrF3N/c1-8-5-14(19)12(16)7-15(8)20-9(2)11-4-3-10(17)6-13(11)18/h3-7,9,20H,1-2H3. The average Bonchev–Trinajstić information content (AvgIpc) is 2.35. The highest BCUT2D eigenvalue weighted by molar-refractivity contribution is 9.10. The van der Waals surface area contributed by atoms with E-state index in [9.17, 15) is 13.2 Å². The van der Waals surface area contributed by atoms with E-state index in [1.54, 1.807) is 19.9 Å². The molecule has 0 aliphatic rings. The van der Waals surface area contributed by atoms with Crippen molar-refractivity contribution in [1.29, 1.82) is 0 Å². The van der Waals surface area contributed by atoms with Crippen LogP contribution in [0.25, 0.3) is 0 Å². The number of benzene rings is 2. The van der Waals surface area contributed by atoms with Crippen LogP contribution < -0.4 is 5.32 Å². The number of aryl methyl sites for hydroxylation is 1. The van der Waals surface area contributed by atoms with Gasteiger partial charge >= 0.3 is 0 Å². The first-order chi connectivity index (χ1) is 9.38. The van der Waals surface area contributed by atoms with Crippen molar-refractivity contribution in [2.45, 2.75) is 19.9 Å². The summed E-state index contributed by atoms with van der Waals surface area (Å²) in [5.41, 5.74) is 1.75. The van der Waals surface area contributed by atoms with Crippen molar-refractivity contribution in [3.63, 3.8) is 0 Å². The molecule has 0 bridgehead atoms. The third kappa shape index (κ3) is 3.15. The van der Waals surface area contributed by atoms with E-state index in [4.69, 9.17) is 0 Å². The molecule has 2 rings (SSSR count). The maximum atomic E-state index is 13.7. The zero-order chi connectivity index (χ0) is 14.9. The molecule has 0 fully saturated rings. The lowest BCUT2D eigenvalue weighted by molar-refractivity contribution is 0.566.